The summed E-state index contributed by atoms with van der Waals surface area (Å²) >= 11 is 0. The van der Waals surface area contributed by atoms with Crippen LogP contribution in [0.25, 0.3) is 6.08 Å². The van der Waals surface area contributed by atoms with Crippen molar-refractivity contribution in [1.82, 2.24) is 20.2 Å². The Morgan fingerprint density at radius 2 is 2.04 bits per heavy atom. The molecule has 0 saturated heterocycles. The van der Waals surface area contributed by atoms with Gasteiger partial charge >= 0.3 is 0 Å². The largest absolute Gasteiger partial charge is 0.376 e. The Labute approximate surface area is 147 Å². The van der Waals surface area contributed by atoms with Crippen LogP contribution in [0.3, 0.4) is 0 Å². The molecule has 0 atom stereocenters. The van der Waals surface area contributed by atoms with Crippen molar-refractivity contribution in [3.8, 4) is 0 Å². The molecule has 1 aromatic heterocycles. The van der Waals surface area contributed by atoms with E-state index >= 15 is 0 Å². The highest BCUT2D eigenvalue weighted by atomic mass is 15.2. The molecule has 1 aromatic rings. The Bertz CT molecular complexity index is 534. The Hall–Kier alpha value is -2.14. The van der Waals surface area contributed by atoms with E-state index in [1.807, 2.05) is 20.9 Å². The predicted octanol–water partition coefficient (Wildman–Crippen LogP) is 3.43. The van der Waals surface area contributed by atoms with Crippen LogP contribution in [0.1, 0.15) is 37.5 Å². The van der Waals surface area contributed by atoms with Crippen molar-refractivity contribution in [2.75, 3.05) is 27.7 Å². The normalized spacial score (nSPS) is 12.3. The summed E-state index contributed by atoms with van der Waals surface area (Å²) in [6, 6.07) is 0. The number of amidine groups is 1. The number of rotatable bonds is 4. The monoisotopic (exact) mass is 331 g/mol. The Kier molecular flexibility index (Phi) is 12.1. The standard InChI is InChI=1S/C13H21N5.2C3H6/c1-14-12(15-2)8-18(3)9-13-16-10-6-4-5-7-11(10)17-13;2*1-3-2/h4,6H,5,7-9H2,1-3H3,(H,14,15)(H,16,17);2*3H,1H2,2H3. The zero-order valence-electron chi connectivity index (χ0n) is 15.9. The van der Waals surface area contributed by atoms with Crippen LogP contribution in [-0.4, -0.2) is 48.4 Å². The first-order valence-corrected chi connectivity index (χ1v) is 8.26. The van der Waals surface area contributed by atoms with Gasteiger partial charge < -0.3 is 10.3 Å². The average Bonchev–Trinajstić information content (AvgIpc) is 2.96. The molecule has 0 fully saturated rings. The molecule has 0 spiro atoms. The maximum Gasteiger partial charge on any atom is 0.121 e. The molecule has 1 aliphatic rings. The molecule has 0 amide bonds. The number of nitrogens with zero attached hydrogens (tertiary/aromatic N) is 3. The lowest BCUT2D eigenvalue weighted by atomic mass is 10.1. The lowest BCUT2D eigenvalue weighted by Crippen LogP contribution is -2.33. The van der Waals surface area contributed by atoms with E-state index in [2.05, 4.69) is 57.5 Å². The SMILES string of the molecule is C=CC.C=CC.CN=C(CN(C)Cc1nc2c([nH]1)CCC=C2)NC. The minimum absolute atomic E-state index is 0.800. The third-order valence-corrected chi connectivity index (χ3v) is 3.09. The van der Waals surface area contributed by atoms with Crippen LogP contribution < -0.4 is 5.32 Å². The third-order valence-electron chi connectivity index (χ3n) is 3.09. The minimum atomic E-state index is 0.800. The maximum absolute atomic E-state index is 4.61. The molecular weight excluding hydrogens is 298 g/mol. The first kappa shape index (κ1) is 21.9. The van der Waals surface area contributed by atoms with Crippen LogP contribution in [0.5, 0.6) is 0 Å². The fourth-order valence-corrected chi connectivity index (χ4v) is 2.13. The quantitative estimate of drug-likeness (QED) is 0.505. The van der Waals surface area contributed by atoms with Crippen molar-refractivity contribution in [3.05, 3.63) is 48.6 Å². The van der Waals surface area contributed by atoms with E-state index in [4.69, 9.17) is 0 Å². The summed E-state index contributed by atoms with van der Waals surface area (Å²) < 4.78 is 0. The second-order valence-corrected chi connectivity index (χ2v) is 5.40. The molecule has 2 rings (SSSR count). The molecule has 0 bridgehead atoms. The van der Waals surface area contributed by atoms with Crippen LogP contribution in [0.15, 0.2) is 36.4 Å². The zero-order chi connectivity index (χ0) is 18.4. The Balaban J connectivity index is 0.000000772. The highest BCUT2D eigenvalue weighted by Gasteiger charge is 2.12. The fraction of sp³-hybridized carbons (Fsp3) is 0.474. The van der Waals surface area contributed by atoms with Gasteiger partial charge in [-0.3, -0.25) is 9.89 Å². The molecule has 0 aromatic carbocycles. The number of hydrogen-bond donors (Lipinski definition) is 2. The Morgan fingerprint density at radius 1 is 1.42 bits per heavy atom. The number of aromatic amines is 1. The highest BCUT2D eigenvalue weighted by Crippen LogP contribution is 2.16. The summed E-state index contributed by atoms with van der Waals surface area (Å²) in [5.41, 5.74) is 2.36. The number of fused-ring (bicyclic) bond motifs is 1. The molecule has 1 heterocycles. The summed E-state index contributed by atoms with van der Waals surface area (Å²) in [7, 11) is 5.77. The van der Waals surface area contributed by atoms with Crippen molar-refractivity contribution in [2.45, 2.75) is 33.2 Å². The van der Waals surface area contributed by atoms with Gasteiger partial charge in [0, 0.05) is 19.8 Å². The van der Waals surface area contributed by atoms with E-state index in [1.54, 1.807) is 19.2 Å². The number of aromatic nitrogens is 2. The van der Waals surface area contributed by atoms with Gasteiger partial charge in [0.2, 0.25) is 0 Å². The molecule has 2 N–H and O–H groups in total. The van der Waals surface area contributed by atoms with E-state index < -0.39 is 0 Å². The average molecular weight is 332 g/mol. The number of hydrogen-bond acceptors (Lipinski definition) is 3. The van der Waals surface area contributed by atoms with Crippen LogP contribution in [0, 0.1) is 0 Å². The molecule has 0 radical (unpaired) electrons. The second kappa shape index (κ2) is 13.3. The highest BCUT2D eigenvalue weighted by molar-refractivity contribution is 5.83. The van der Waals surface area contributed by atoms with E-state index in [9.17, 15) is 0 Å². The molecular formula is C19H33N5. The summed E-state index contributed by atoms with van der Waals surface area (Å²) in [5, 5.41) is 3.08. The van der Waals surface area contributed by atoms with Gasteiger partial charge in [0.15, 0.2) is 0 Å². The van der Waals surface area contributed by atoms with Crippen LogP contribution in [-0.2, 0) is 13.0 Å². The number of nitrogens with one attached hydrogen (secondary N) is 2. The molecule has 1 aliphatic carbocycles. The van der Waals surface area contributed by atoms with E-state index in [1.165, 1.54) is 5.69 Å². The smallest absolute Gasteiger partial charge is 0.121 e. The van der Waals surface area contributed by atoms with E-state index in [0.717, 1.165) is 43.3 Å². The van der Waals surface area contributed by atoms with Gasteiger partial charge in [-0.1, -0.05) is 18.2 Å². The Morgan fingerprint density at radius 3 is 2.54 bits per heavy atom. The first-order chi connectivity index (χ1) is 11.6. The number of likely N-dealkylation sites (N-methyl/N-ethyl adjacent to an activating group) is 2. The summed E-state index contributed by atoms with van der Waals surface area (Å²) in [6.07, 6.45) is 9.96. The van der Waals surface area contributed by atoms with Crippen molar-refractivity contribution in [3.63, 3.8) is 0 Å². The molecule has 24 heavy (non-hydrogen) atoms. The van der Waals surface area contributed by atoms with Gasteiger partial charge in [0.25, 0.3) is 0 Å². The van der Waals surface area contributed by atoms with Gasteiger partial charge in [-0.05, 0) is 39.8 Å². The van der Waals surface area contributed by atoms with Crippen molar-refractivity contribution in [2.24, 2.45) is 4.99 Å². The lowest BCUT2D eigenvalue weighted by molar-refractivity contribution is 0.361. The predicted molar refractivity (Wildman–Crippen MR) is 106 cm³/mol. The minimum Gasteiger partial charge on any atom is -0.376 e. The van der Waals surface area contributed by atoms with Crippen molar-refractivity contribution < 1.29 is 0 Å². The molecule has 134 valence electrons. The van der Waals surface area contributed by atoms with Gasteiger partial charge in [-0.2, -0.15) is 0 Å². The van der Waals surface area contributed by atoms with Gasteiger partial charge in [0.1, 0.15) is 11.7 Å². The van der Waals surface area contributed by atoms with Crippen molar-refractivity contribution in [1.29, 1.82) is 0 Å². The van der Waals surface area contributed by atoms with Crippen LogP contribution in [0.2, 0.25) is 0 Å². The number of H-pyrrole nitrogens is 1. The zero-order valence-corrected chi connectivity index (χ0v) is 15.9. The molecule has 0 unspecified atom stereocenters. The fourth-order valence-electron chi connectivity index (χ4n) is 2.13. The molecule has 0 saturated carbocycles. The van der Waals surface area contributed by atoms with Crippen LogP contribution in [0.4, 0.5) is 0 Å². The first-order valence-electron chi connectivity index (χ1n) is 8.26. The maximum atomic E-state index is 4.61. The van der Waals surface area contributed by atoms with Gasteiger partial charge in [-0.15, -0.1) is 13.2 Å². The molecule has 0 aliphatic heterocycles. The van der Waals surface area contributed by atoms with E-state index in [0.29, 0.717) is 0 Å². The van der Waals surface area contributed by atoms with Crippen molar-refractivity contribution >= 4 is 11.9 Å². The second-order valence-electron chi connectivity index (χ2n) is 5.40. The molecule has 5 heteroatoms. The number of imidazole rings is 1. The van der Waals surface area contributed by atoms with Gasteiger partial charge in [0.05, 0.1) is 18.8 Å². The number of aryl methyl sites for hydroxylation is 1. The topological polar surface area (TPSA) is 56.3 Å². The third kappa shape index (κ3) is 8.48. The lowest BCUT2D eigenvalue weighted by Gasteiger charge is -2.16. The number of allylic oxidation sites excluding steroid dienone is 3. The summed E-state index contributed by atoms with van der Waals surface area (Å²) in [6.45, 7) is 12.1. The van der Waals surface area contributed by atoms with Gasteiger partial charge in [-0.25, -0.2) is 4.98 Å². The molecule has 5 nitrogen and oxygen atoms in total. The summed E-state index contributed by atoms with van der Waals surface area (Å²) in [4.78, 5) is 14.4. The van der Waals surface area contributed by atoms with E-state index in [-0.39, 0.29) is 0 Å². The van der Waals surface area contributed by atoms with Crippen LogP contribution >= 0.6 is 0 Å². The summed E-state index contributed by atoms with van der Waals surface area (Å²) in [5.74, 6) is 2.01. The number of aliphatic imine (C=N–C) groups is 1.